The molecule has 120 valence electrons. The molecule has 1 N–H and O–H groups in total. The normalized spacial score (nSPS) is 11.8. The van der Waals surface area contributed by atoms with Gasteiger partial charge in [-0.2, -0.15) is 0 Å². The van der Waals surface area contributed by atoms with Gasteiger partial charge in [0.2, 0.25) is 0 Å². The van der Waals surface area contributed by atoms with E-state index in [0.717, 1.165) is 19.3 Å². The van der Waals surface area contributed by atoms with Crippen LogP contribution in [0.2, 0.25) is 0 Å². The summed E-state index contributed by atoms with van der Waals surface area (Å²) < 4.78 is 5.36. The van der Waals surface area contributed by atoms with Crippen molar-refractivity contribution in [3.8, 4) is 0 Å². The number of rotatable bonds is 8. The third kappa shape index (κ3) is 4.65. The molecule has 0 amide bonds. The Morgan fingerprint density at radius 1 is 1.23 bits per heavy atom. The average molecular weight is 306 g/mol. The van der Waals surface area contributed by atoms with E-state index in [1.807, 2.05) is 0 Å². The Kier molecular flexibility index (Phi) is 6.69. The van der Waals surface area contributed by atoms with E-state index in [1.165, 1.54) is 13.8 Å². The molecule has 1 unspecified atom stereocenters. The van der Waals surface area contributed by atoms with Gasteiger partial charge in [-0.25, -0.2) is 19.6 Å². The maximum Gasteiger partial charge on any atom is 0.359 e. The zero-order valence-corrected chi connectivity index (χ0v) is 13.3. The summed E-state index contributed by atoms with van der Waals surface area (Å²) in [6.45, 7) is 8.81. The zero-order chi connectivity index (χ0) is 16.7. The number of carbonyl (C=O) groups excluding carboxylic acids is 1. The molecular weight excluding hydrogens is 284 g/mol. The van der Waals surface area contributed by atoms with Gasteiger partial charge in [-0.15, -0.1) is 0 Å². The van der Waals surface area contributed by atoms with E-state index < -0.39 is 11.9 Å². The Morgan fingerprint density at radius 3 is 2.36 bits per heavy atom. The van der Waals surface area contributed by atoms with Crippen LogP contribution in [0.4, 0.5) is 0 Å². The molecule has 0 aliphatic carbocycles. The van der Waals surface area contributed by atoms with E-state index in [4.69, 9.17) is 9.84 Å². The molecule has 22 heavy (non-hydrogen) atoms. The van der Waals surface area contributed by atoms with Gasteiger partial charge in [-0.1, -0.05) is 32.4 Å². The van der Waals surface area contributed by atoms with Crippen LogP contribution in [0.15, 0.2) is 12.7 Å². The van der Waals surface area contributed by atoms with Crippen molar-refractivity contribution in [2.24, 2.45) is 0 Å². The van der Waals surface area contributed by atoms with Crippen LogP contribution in [-0.4, -0.2) is 33.1 Å². The van der Waals surface area contributed by atoms with Gasteiger partial charge in [0.15, 0.2) is 11.4 Å². The third-order valence-corrected chi connectivity index (χ3v) is 3.25. The Morgan fingerprint density at radius 2 is 1.82 bits per heavy atom. The monoisotopic (exact) mass is 306 g/mol. The molecule has 1 atom stereocenters. The minimum atomic E-state index is -1.17. The number of ether oxygens (including phenoxy) is 1. The van der Waals surface area contributed by atoms with E-state index in [-0.39, 0.29) is 28.9 Å². The Bertz CT molecular complexity index is 570. The second-order valence-electron chi connectivity index (χ2n) is 5.07. The summed E-state index contributed by atoms with van der Waals surface area (Å²) in [4.78, 5) is 31.1. The van der Waals surface area contributed by atoms with Gasteiger partial charge in [0.05, 0.1) is 11.4 Å². The number of carboxylic acid groups (broad SMARTS) is 1. The summed E-state index contributed by atoms with van der Waals surface area (Å²) in [5, 5.41) is 8.99. The maximum atomic E-state index is 12.2. The van der Waals surface area contributed by atoms with Crippen molar-refractivity contribution >= 4 is 11.9 Å². The lowest BCUT2D eigenvalue weighted by Gasteiger charge is -2.14. The van der Waals surface area contributed by atoms with Gasteiger partial charge < -0.3 is 9.84 Å². The smallest absolute Gasteiger partial charge is 0.359 e. The quantitative estimate of drug-likeness (QED) is 0.451. The number of carbonyl (C=O) groups is 2. The van der Waals surface area contributed by atoms with Crippen molar-refractivity contribution in [3.05, 3.63) is 35.4 Å². The van der Waals surface area contributed by atoms with Crippen LogP contribution < -0.4 is 0 Å². The van der Waals surface area contributed by atoms with Crippen molar-refractivity contribution in [3.63, 3.8) is 0 Å². The summed E-state index contributed by atoms with van der Waals surface area (Å²) in [7, 11) is 0. The number of hydrogen-bond acceptors (Lipinski definition) is 5. The number of aromatic carboxylic acids is 1. The van der Waals surface area contributed by atoms with Gasteiger partial charge in [0.25, 0.3) is 0 Å². The highest BCUT2D eigenvalue weighted by Crippen LogP contribution is 2.13. The van der Waals surface area contributed by atoms with Crippen molar-refractivity contribution in [2.45, 2.75) is 52.6 Å². The first-order valence-corrected chi connectivity index (χ1v) is 7.32. The summed E-state index contributed by atoms with van der Waals surface area (Å²) in [5.74, 6) is -1.78. The highest BCUT2D eigenvalue weighted by atomic mass is 16.5. The first kappa shape index (κ1) is 17.8. The summed E-state index contributed by atoms with van der Waals surface area (Å²) >= 11 is 0. The van der Waals surface area contributed by atoms with Crippen LogP contribution in [0.5, 0.6) is 0 Å². The van der Waals surface area contributed by atoms with E-state index in [9.17, 15) is 9.59 Å². The molecule has 1 heterocycles. The van der Waals surface area contributed by atoms with E-state index in [2.05, 4.69) is 23.5 Å². The van der Waals surface area contributed by atoms with Crippen LogP contribution in [0.25, 0.3) is 0 Å². The number of esters is 1. The third-order valence-electron chi connectivity index (χ3n) is 3.25. The minimum Gasteiger partial charge on any atom is -0.476 e. The van der Waals surface area contributed by atoms with Crippen LogP contribution >= 0.6 is 0 Å². The van der Waals surface area contributed by atoms with Gasteiger partial charge in [-0.05, 0) is 26.7 Å². The summed E-state index contributed by atoms with van der Waals surface area (Å²) in [6, 6.07) is 0. The molecule has 1 aromatic heterocycles. The van der Waals surface area contributed by atoms with E-state index >= 15 is 0 Å². The lowest BCUT2D eigenvalue weighted by atomic mass is 10.1. The lowest BCUT2D eigenvalue weighted by molar-refractivity contribution is 0.0366. The number of carboxylic acids is 1. The first-order valence-electron chi connectivity index (χ1n) is 7.32. The van der Waals surface area contributed by atoms with Gasteiger partial charge in [-0.3, -0.25) is 0 Å². The number of hydrogen-bond donors (Lipinski definition) is 1. The molecule has 6 heteroatoms. The molecule has 0 saturated carbocycles. The van der Waals surface area contributed by atoms with Crippen molar-refractivity contribution < 1.29 is 19.4 Å². The topological polar surface area (TPSA) is 89.4 Å². The Hall–Kier alpha value is -2.24. The number of nitrogens with zero attached hydrogens (tertiary/aromatic N) is 2. The molecule has 0 bridgehead atoms. The fourth-order valence-electron chi connectivity index (χ4n) is 2.01. The average Bonchev–Trinajstić information content (AvgIpc) is 2.47. The lowest BCUT2D eigenvalue weighted by Crippen LogP contribution is -2.20. The Labute approximate surface area is 130 Å². The fourth-order valence-corrected chi connectivity index (χ4v) is 2.01. The van der Waals surface area contributed by atoms with E-state index in [0.29, 0.717) is 6.42 Å². The SMILES string of the molecule is C=CC(CCCCC)OC(=O)c1nc(C)c(C(=O)O)nc1C. The van der Waals surface area contributed by atoms with Gasteiger partial charge >= 0.3 is 11.9 Å². The second-order valence-corrected chi connectivity index (χ2v) is 5.07. The van der Waals surface area contributed by atoms with Crippen LogP contribution in [0, 0.1) is 13.8 Å². The molecule has 1 aromatic rings. The molecular formula is C16H22N2O4. The Balaban J connectivity index is 2.86. The second kappa shape index (κ2) is 8.26. The number of unbranched alkanes of at least 4 members (excludes halogenated alkanes) is 2. The summed E-state index contributed by atoms with van der Waals surface area (Å²) in [5.41, 5.74) is 0.317. The molecule has 1 rings (SSSR count). The molecule has 0 aliphatic rings. The summed E-state index contributed by atoms with van der Waals surface area (Å²) in [6.07, 6.45) is 5.02. The van der Waals surface area contributed by atoms with Crippen molar-refractivity contribution in [1.82, 2.24) is 9.97 Å². The number of aromatic nitrogens is 2. The molecule has 0 saturated heterocycles. The maximum absolute atomic E-state index is 12.2. The molecule has 0 radical (unpaired) electrons. The minimum absolute atomic E-state index is 0.0461. The first-order chi connectivity index (χ1) is 10.4. The van der Waals surface area contributed by atoms with Gasteiger partial charge in [0, 0.05) is 0 Å². The zero-order valence-electron chi connectivity index (χ0n) is 13.3. The predicted molar refractivity (Wildman–Crippen MR) is 82.0 cm³/mol. The fraction of sp³-hybridized carbons (Fsp3) is 0.500. The molecule has 0 spiro atoms. The van der Waals surface area contributed by atoms with E-state index in [1.54, 1.807) is 6.08 Å². The molecule has 6 nitrogen and oxygen atoms in total. The largest absolute Gasteiger partial charge is 0.476 e. The van der Waals surface area contributed by atoms with Gasteiger partial charge in [0.1, 0.15) is 6.10 Å². The molecule has 0 fully saturated rings. The van der Waals surface area contributed by atoms with Crippen LogP contribution in [0.3, 0.4) is 0 Å². The van der Waals surface area contributed by atoms with Crippen molar-refractivity contribution in [1.29, 1.82) is 0 Å². The highest BCUT2D eigenvalue weighted by molar-refractivity contribution is 5.91. The number of aryl methyl sites for hydroxylation is 2. The standard InChI is InChI=1S/C16H22N2O4/c1-5-7-8-9-12(6-2)22-16(21)14-11(4)17-13(15(19)20)10(3)18-14/h6,12H,2,5,7-9H2,1,3-4H3,(H,19,20). The highest BCUT2D eigenvalue weighted by Gasteiger charge is 2.21. The van der Waals surface area contributed by atoms with Crippen LogP contribution in [0.1, 0.15) is 65.0 Å². The predicted octanol–water partition coefficient (Wildman–Crippen LogP) is 3.08. The van der Waals surface area contributed by atoms with Crippen molar-refractivity contribution in [2.75, 3.05) is 0 Å². The molecule has 0 aliphatic heterocycles. The molecule has 0 aromatic carbocycles. The van der Waals surface area contributed by atoms with Crippen LogP contribution in [-0.2, 0) is 4.74 Å².